The number of Topliss-reactive ketones (excluding diaryl/α,β-unsaturated/α-hetero) is 1. The van der Waals surface area contributed by atoms with Crippen LogP contribution in [-0.2, 0) is 14.3 Å². The summed E-state index contributed by atoms with van der Waals surface area (Å²) in [6, 6.07) is 10.2. The molecule has 1 amide bonds. The molecule has 0 aromatic heterocycles. The van der Waals surface area contributed by atoms with Gasteiger partial charge in [0.2, 0.25) is 0 Å². The van der Waals surface area contributed by atoms with Crippen LogP contribution in [0.25, 0.3) is 5.76 Å². The number of carbonyl (C=O) groups is 2. The Kier molecular flexibility index (Phi) is 6.81. The molecule has 8 heteroatoms. The summed E-state index contributed by atoms with van der Waals surface area (Å²) < 4.78 is 15.6. The Balaban J connectivity index is 2.15. The number of nitrogens with zero attached hydrogens (tertiary/aromatic N) is 1. The number of aliphatic hydroxyl groups is 1. The number of carbonyl (C=O) groups excluding carboxylic acids is 2. The van der Waals surface area contributed by atoms with Crippen molar-refractivity contribution in [3.8, 4) is 17.2 Å². The number of rotatable bonds is 8. The van der Waals surface area contributed by atoms with E-state index in [0.29, 0.717) is 35.7 Å². The van der Waals surface area contributed by atoms with Gasteiger partial charge in [0.05, 0.1) is 25.8 Å². The lowest BCUT2D eigenvalue weighted by atomic mass is 9.95. The molecule has 0 spiro atoms. The number of benzene rings is 2. The lowest BCUT2D eigenvalue weighted by Gasteiger charge is -2.25. The third kappa shape index (κ3) is 4.34. The van der Waals surface area contributed by atoms with Crippen LogP contribution < -0.4 is 9.47 Å². The van der Waals surface area contributed by atoms with E-state index in [9.17, 15) is 19.8 Å². The number of methoxy groups -OCH3 is 3. The van der Waals surface area contributed by atoms with Gasteiger partial charge in [-0.05, 0) is 42.3 Å². The molecule has 1 aliphatic heterocycles. The third-order valence-electron chi connectivity index (χ3n) is 5.13. The summed E-state index contributed by atoms with van der Waals surface area (Å²) in [5.74, 6) is -1.02. The van der Waals surface area contributed by atoms with Crippen LogP contribution in [-0.4, -0.2) is 61.3 Å². The Morgan fingerprint density at radius 1 is 1.03 bits per heavy atom. The van der Waals surface area contributed by atoms with Crippen LogP contribution in [0.1, 0.15) is 23.6 Å². The Morgan fingerprint density at radius 2 is 1.77 bits per heavy atom. The topological polar surface area (TPSA) is 106 Å². The minimum atomic E-state index is -0.850. The highest BCUT2D eigenvalue weighted by molar-refractivity contribution is 6.46. The lowest BCUT2D eigenvalue weighted by molar-refractivity contribution is -0.140. The summed E-state index contributed by atoms with van der Waals surface area (Å²) in [6.45, 7) is 0.660. The molecular formula is C23H25NO7. The van der Waals surface area contributed by atoms with Crippen molar-refractivity contribution in [1.82, 2.24) is 4.90 Å². The number of aromatic hydroxyl groups is 1. The second-order valence-electron chi connectivity index (χ2n) is 7.00. The Labute approximate surface area is 180 Å². The molecule has 3 rings (SSSR count). The van der Waals surface area contributed by atoms with Crippen molar-refractivity contribution in [1.29, 1.82) is 0 Å². The SMILES string of the molecule is COCCCN1C(=O)C(=O)/C(=C(\O)c2ccc(OC)c(OC)c2)C1c1cccc(O)c1. The number of phenols is 1. The average Bonchev–Trinajstić information content (AvgIpc) is 3.03. The minimum absolute atomic E-state index is 0.00824. The fourth-order valence-corrected chi connectivity index (χ4v) is 3.67. The minimum Gasteiger partial charge on any atom is -0.508 e. The molecule has 164 valence electrons. The first-order chi connectivity index (χ1) is 14.9. The van der Waals surface area contributed by atoms with E-state index >= 15 is 0 Å². The fraction of sp³-hybridized carbons (Fsp3) is 0.304. The van der Waals surface area contributed by atoms with Crippen molar-refractivity contribution >= 4 is 17.4 Å². The van der Waals surface area contributed by atoms with Gasteiger partial charge in [0, 0.05) is 25.8 Å². The van der Waals surface area contributed by atoms with Crippen molar-refractivity contribution in [3.05, 3.63) is 59.2 Å². The monoisotopic (exact) mass is 427 g/mol. The molecule has 1 unspecified atom stereocenters. The van der Waals surface area contributed by atoms with Gasteiger partial charge in [-0.1, -0.05) is 12.1 Å². The molecule has 1 aliphatic rings. The van der Waals surface area contributed by atoms with Gasteiger partial charge < -0.3 is 29.3 Å². The fourth-order valence-electron chi connectivity index (χ4n) is 3.67. The Morgan fingerprint density at radius 3 is 2.42 bits per heavy atom. The molecule has 2 aromatic carbocycles. The molecule has 2 aromatic rings. The van der Waals surface area contributed by atoms with Gasteiger partial charge in [-0.2, -0.15) is 0 Å². The zero-order valence-electron chi connectivity index (χ0n) is 17.6. The number of hydrogen-bond acceptors (Lipinski definition) is 7. The molecule has 0 radical (unpaired) electrons. The molecule has 1 atom stereocenters. The van der Waals surface area contributed by atoms with E-state index in [0.717, 1.165) is 0 Å². The third-order valence-corrected chi connectivity index (χ3v) is 5.13. The van der Waals surface area contributed by atoms with Crippen LogP contribution in [0.4, 0.5) is 0 Å². The van der Waals surface area contributed by atoms with Gasteiger partial charge in [-0.3, -0.25) is 9.59 Å². The quantitative estimate of drug-likeness (QED) is 0.289. The van der Waals surface area contributed by atoms with Crippen LogP contribution >= 0.6 is 0 Å². The normalized spacial score (nSPS) is 17.8. The predicted molar refractivity (Wildman–Crippen MR) is 113 cm³/mol. The summed E-state index contributed by atoms with van der Waals surface area (Å²) in [6.07, 6.45) is 0.509. The van der Waals surface area contributed by atoms with E-state index in [2.05, 4.69) is 0 Å². The maximum absolute atomic E-state index is 13.0. The first-order valence-electron chi connectivity index (χ1n) is 9.71. The van der Waals surface area contributed by atoms with Gasteiger partial charge in [0.15, 0.2) is 11.5 Å². The molecule has 1 heterocycles. The lowest BCUT2D eigenvalue weighted by Crippen LogP contribution is -2.31. The molecule has 8 nitrogen and oxygen atoms in total. The Bertz CT molecular complexity index is 1010. The molecule has 1 fully saturated rings. The van der Waals surface area contributed by atoms with Gasteiger partial charge in [-0.15, -0.1) is 0 Å². The van der Waals surface area contributed by atoms with E-state index in [1.807, 2.05) is 0 Å². The molecule has 2 N–H and O–H groups in total. The van der Waals surface area contributed by atoms with Crippen LogP contribution in [0, 0.1) is 0 Å². The number of aliphatic hydroxyl groups excluding tert-OH is 1. The van der Waals surface area contributed by atoms with Gasteiger partial charge in [0.1, 0.15) is 11.5 Å². The smallest absolute Gasteiger partial charge is 0.295 e. The van der Waals surface area contributed by atoms with Crippen molar-refractivity contribution in [2.24, 2.45) is 0 Å². The number of likely N-dealkylation sites (tertiary alicyclic amines) is 1. The summed E-state index contributed by atoms with van der Waals surface area (Å²) in [5.41, 5.74) is 0.761. The van der Waals surface area contributed by atoms with E-state index < -0.39 is 17.7 Å². The van der Waals surface area contributed by atoms with E-state index in [1.54, 1.807) is 31.4 Å². The van der Waals surface area contributed by atoms with Crippen molar-refractivity contribution in [2.75, 3.05) is 34.5 Å². The van der Waals surface area contributed by atoms with Crippen LogP contribution in [0.5, 0.6) is 17.2 Å². The van der Waals surface area contributed by atoms with Gasteiger partial charge in [0.25, 0.3) is 11.7 Å². The summed E-state index contributed by atoms with van der Waals surface area (Å²) in [5, 5.41) is 21.0. The van der Waals surface area contributed by atoms with Crippen LogP contribution in [0.15, 0.2) is 48.0 Å². The number of phenolic OH excluding ortho intramolecular Hbond substituents is 1. The molecule has 0 bridgehead atoms. The summed E-state index contributed by atoms with van der Waals surface area (Å²) >= 11 is 0. The second-order valence-corrected chi connectivity index (χ2v) is 7.00. The maximum Gasteiger partial charge on any atom is 0.295 e. The first-order valence-corrected chi connectivity index (χ1v) is 9.71. The van der Waals surface area contributed by atoms with E-state index in [1.165, 1.54) is 37.3 Å². The highest BCUT2D eigenvalue weighted by Crippen LogP contribution is 2.41. The van der Waals surface area contributed by atoms with E-state index in [-0.39, 0.29) is 23.6 Å². The zero-order valence-corrected chi connectivity index (χ0v) is 17.6. The van der Waals surface area contributed by atoms with Crippen molar-refractivity contribution in [3.63, 3.8) is 0 Å². The molecule has 0 saturated carbocycles. The van der Waals surface area contributed by atoms with Crippen LogP contribution in [0.3, 0.4) is 0 Å². The first kappa shape index (κ1) is 22.2. The highest BCUT2D eigenvalue weighted by atomic mass is 16.5. The molecule has 1 saturated heterocycles. The summed E-state index contributed by atoms with van der Waals surface area (Å²) in [7, 11) is 4.51. The number of ether oxygens (including phenoxy) is 3. The average molecular weight is 427 g/mol. The van der Waals surface area contributed by atoms with Gasteiger partial charge >= 0.3 is 0 Å². The largest absolute Gasteiger partial charge is 0.508 e. The Hall–Kier alpha value is -3.52. The summed E-state index contributed by atoms with van der Waals surface area (Å²) in [4.78, 5) is 27.2. The highest BCUT2D eigenvalue weighted by Gasteiger charge is 2.45. The maximum atomic E-state index is 13.0. The zero-order chi connectivity index (χ0) is 22.5. The molecular weight excluding hydrogens is 402 g/mol. The van der Waals surface area contributed by atoms with Crippen LogP contribution in [0.2, 0.25) is 0 Å². The second kappa shape index (κ2) is 9.53. The van der Waals surface area contributed by atoms with Crippen molar-refractivity contribution in [2.45, 2.75) is 12.5 Å². The number of hydrogen-bond donors (Lipinski definition) is 2. The molecule has 31 heavy (non-hydrogen) atoms. The number of amides is 1. The van der Waals surface area contributed by atoms with E-state index in [4.69, 9.17) is 14.2 Å². The number of ketones is 1. The standard InChI is InChI=1S/C23H25NO7/c1-29-11-5-10-24-20(14-6-4-7-16(25)12-14)19(22(27)23(24)28)21(26)15-8-9-17(30-2)18(13-15)31-3/h4,6-9,12-13,20,25-26H,5,10-11H2,1-3H3/b21-19-. The van der Waals surface area contributed by atoms with Gasteiger partial charge in [-0.25, -0.2) is 0 Å². The predicted octanol–water partition coefficient (Wildman–Crippen LogP) is 2.87. The van der Waals surface area contributed by atoms with Crippen molar-refractivity contribution < 1.29 is 34.0 Å². The molecule has 0 aliphatic carbocycles.